The monoisotopic (exact) mass is 523 g/mol. The van der Waals surface area contributed by atoms with E-state index in [1.807, 2.05) is 45.9 Å². The molecule has 0 spiro atoms. The van der Waals surface area contributed by atoms with E-state index in [1.165, 1.54) is 15.7 Å². The molecule has 35 heavy (non-hydrogen) atoms. The molecule has 0 aliphatic heterocycles. The third kappa shape index (κ3) is 3.99. The fraction of sp³-hybridized carbons (Fsp3) is 0.222. The predicted molar refractivity (Wildman–Crippen MR) is 145 cm³/mol. The summed E-state index contributed by atoms with van der Waals surface area (Å²) in [6.45, 7) is 8.41. The van der Waals surface area contributed by atoms with Gasteiger partial charge in [-0.15, -0.1) is 0 Å². The zero-order valence-electron chi connectivity index (χ0n) is 19.8. The molecule has 0 saturated carbocycles. The Labute approximate surface area is 215 Å². The number of hydrogen-bond donors (Lipinski definition) is 0. The number of aryl methyl sites for hydroxylation is 2. The van der Waals surface area contributed by atoms with Crippen LogP contribution in [0.1, 0.15) is 40.6 Å². The average Bonchev–Trinajstić information content (AvgIpc) is 3.25. The lowest BCUT2D eigenvalue weighted by molar-refractivity contribution is 0.804. The van der Waals surface area contributed by atoms with E-state index < -0.39 is 0 Å². The third-order valence-electron chi connectivity index (χ3n) is 6.45. The molecule has 5 rings (SSSR count). The first-order valence-corrected chi connectivity index (χ1v) is 12.9. The Morgan fingerprint density at radius 3 is 2.49 bits per heavy atom. The highest BCUT2D eigenvalue weighted by Crippen LogP contribution is 2.30. The molecule has 0 amide bonds. The van der Waals surface area contributed by atoms with Gasteiger partial charge in [0.15, 0.2) is 0 Å². The second kappa shape index (κ2) is 8.94. The number of aromatic nitrogens is 3. The summed E-state index contributed by atoms with van der Waals surface area (Å²) in [5.74, 6) is 0. The summed E-state index contributed by atoms with van der Waals surface area (Å²) in [5.41, 5.74) is 5.82. The van der Waals surface area contributed by atoms with Gasteiger partial charge < -0.3 is 4.57 Å². The zero-order chi connectivity index (χ0) is 25.0. The Morgan fingerprint density at radius 2 is 1.77 bits per heavy atom. The first kappa shape index (κ1) is 23.8. The molecule has 0 N–H and O–H groups in total. The third-order valence-corrected chi connectivity index (χ3v) is 8.16. The fourth-order valence-electron chi connectivity index (χ4n) is 4.60. The maximum Gasteiger partial charge on any atom is 0.277 e. The standard InChI is InChI=1S/C27H23Cl2N3O2S/c1-5-18-15(3)30-27-32(25(18)33)26(34)24(35-27)12-19-16(4)31(23-9-6-14(2)10-20(19)23)13-17-7-8-21(28)22(29)11-17/h6-12H,5,13H2,1-4H3/b24-12-. The maximum atomic E-state index is 13.3. The van der Waals surface area contributed by atoms with E-state index in [0.29, 0.717) is 43.8 Å². The number of nitrogens with zero attached hydrogens (tertiary/aromatic N) is 3. The van der Waals surface area contributed by atoms with Crippen LogP contribution >= 0.6 is 34.5 Å². The molecular weight excluding hydrogens is 501 g/mol. The Morgan fingerprint density at radius 1 is 1.00 bits per heavy atom. The summed E-state index contributed by atoms with van der Waals surface area (Å²) in [5, 5.41) is 2.08. The number of rotatable bonds is 4. The number of halogens is 2. The second-order valence-corrected chi connectivity index (χ2v) is 10.5. The zero-order valence-corrected chi connectivity index (χ0v) is 22.1. The molecule has 0 aliphatic rings. The van der Waals surface area contributed by atoms with Crippen molar-refractivity contribution in [3.05, 3.63) is 105 Å². The molecule has 5 nitrogen and oxygen atoms in total. The van der Waals surface area contributed by atoms with Crippen LogP contribution in [0.3, 0.4) is 0 Å². The largest absolute Gasteiger partial charge is 0.340 e. The van der Waals surface area contributed by atoms with Crippen molar-refractivity contribution in [1.82, 2.24) is 14.0 Å². The lowest BCUT2D eigenvalue weighted by Gasteiger charge is -2.10. The summed E-state index contributed by atoms with van der Waals surface area (Å²) in [4.78, 5) is 31.2. The summed E-state index contributed by atoms with van der Waals surface area (Å²) in [6, 6.07) is 11.9. The van der Waals surface area contributed by atoms with Crippen molar-refractivity contribution < 1.29 is 0 Å². The van der Waals surface area contributed by atoms with Crippen LogP contribution in [0.4, 0.5) is 0 Å². The molecule has 8 heteroatoms. The Kier molecular flexibility index (Phi) is 6.08. The molecule has 0 unspecified atom stereocenters. The van der Waals surface area contributed by atoms with Crippen LogP contribution in [0.15, 0.2) is 46.0 Å². The number of fused-ring (bicyclic) bond motifs is 2. The highest BCUT2D eigenvalue weighted by atomic mass is 35.5. The van der Waals surface area contributed by atoms with E-state index in [-0.39, 0.29) is 11.1 Å². The molecule has 178 valence electrons. The van der Waals surface area contributed by atoms with Crippen molar-refractivity contribution in [3.8, 4) is 0 Å². The molecular formula is C27H23Cl2N3O2S. The van der Waals surface area contributed by atoms with E-state index >= 15 is 0 Å². The average molecular weight is 524 g/mol. The fourth-order valence-corrected chi connectivity index (χ4v) is 5.91. The number of benzene rings is 2. The molecule has 0 radical (unpaired) electrons. The van der Waals surface area contributed by atoms with Crippen molar-refractivity contribution in [3.63, 3.8) is 0 Å². The molecule has 2 aromatic carbocycles. The predicted octanol–water partition coefficient (Wildman–Crippen LogP) is 5.46. The first-order valence-electron chi connectivity index (χ1n) is 11.3. The summed E-state index contributed by atoms with van der Waals surface area (Å²) >= 11 is 13.6. The van der Waals surface area contributed by atoms with Gasteiger partial charge in [-0.2, -0.15) is 0 Å². The normalized spacial score (nSPS) is 12.3. The Hall–Kier alpha value is -2.93. The molecule has 5 aromatic rings. The SMILES string of the molecule is CCc1c(C)nc2s/c(=C\c3c(C)n(Cc4ccc(Cl)c(Cl)c4)c4ccc(C)cc34)c(=O)n2c1=O. The number of hydrogen-bond acceptors (Lipinski definition) is 4. The Bertz CT molecular complexity index is 1820. The molecule has 0 fully saturated rings. The van der Waals surface area contributed by atoms with Crippen LogP contribution in [-0.2, 0) is 13.0 Å². The lowest BCUT2D eigenvalue weighted by Crippen LogP contribution is -2.33. The number of thiazole rings is 1. The quantitative estimate of drug-likeness (QED) is 0.314. The highest BCUT2D eigenvalue weighted by molar-refractivity contribution is 7.15. The maximum absolute atomic E-state index is 13.3. The minimum Gasteiger partial charge on any atom is -0.340 e. The van der Waals surface area contributed by atoms with E-state index in [9.17, 15) is 9.59 Å². The summed E-state index contributed by atoms with van der Waals surface area (Å²) < 4.78 is 3.90. The summed E-state index contributed by atoms with van der Waals surface area (Å²) in [6.07, 6.45) is 2.43. The summed E-state index contributed by atoms with van der Waals surface area (Å²) in [7, 11) is 0. The van der Waals surface area contributed by atoms with Crippen molar-refractivity contribution in [2.45, 2.75) is 40.7 Å². The van der Waals surface area contributed by atoms with Gasteiger partial charge in [0.25, 0.3) is 11.1 Å². The van der Waals surface area contributed by atoms with Crippen molar-refractivity contribution >= 4 is 56.5 Å². The molecule has 3 heterocycles. The molecule has 0 aliphatic carbocycles. The van der Waals surface area contributed by atoms with E-state index in [0.717, 1.165) is 33.3 Å². The van der Waals surface area contributed by atoms with Gasteiger partial charge in [-0.05, 0) is 63.1 Å². The van der Waals surface area contributed by atoms with Crippen molar-refractivity contribution in [2.75, 3.05) is 0 Å². The highest BCUT2D eigenvalue weighted by Gasteiger charge is 2.17. The van der Waals surface area contributed by atoms with Crippen molar-refractivity contribution in [1.29, 1.82) is 0 Å². The minimum atomic E-state index is -0.324. The van der Waals surface area contributed by atoms with Crippen LogP contribution in [-0.4, -0.2) is 14.0 Å². The topological polar surface area (TPSA) is 56.4 Å². The second-order valence-electron chi connectivity index (χ2n) is 8.72. The molecule has 0 bridgehead atoms. The van der Waals surface area contributed by atoms with Gasteiger partial charge in [0, 0.05) is 40.0 Å². The lowest BCUT2D eigenvalue weighted by atomic mass is 10.1. The Balaban J connectivity index is 1.76. The van der Waals surface area contributed by atoms with Crippen LogP contribution in [0.2, 0.25) is 10.0 Å². The van der Waals surface area contributed by atoms with Crippen LogP contribution in [0.5, 0.6) is 0 Å². The van der Waals surface area contributed by atoms with Gasteiger partial charge in [-0.3, -0.25) is 9.59 Å². The molecule has 0 atom stereocenters. The van der Waals surface area contributed by atoms with Gasteiger partial charge in [-0.25, -0.2) is 9.38 Å². The first-order chi connectivity index (χ1) is 16.7. The smallest absolute Gasteiger partial charge is 0.277 e. The van der Waals surface area contributed by atoms with E-state index in [4.69, 9.17) is 23.2 Å². The minimum absolute atomic E-state index is 0.273. The van der Waals surface area contributed by atoms with E-state index in [2.05, 4.69) is 27.8 Å². The van der Waals surface area contributed by atoms with Crippen LogP contribution < -0.4 is 15.7 Å². The van der Waals surface area contributed by atoms with Gasteiger partial charge in [0.2, 0.25) is 4.96 Å². The van der Waals surface area contributed by atoms with Gasteiger partial charge >= 0.3 is 0 Å². The van der Waals surface area contributed by atoms with Gasteiger partial charge in [-0.1, -0.05) is 59.2 Å². The van der Waals surface area contributed by atoms with Crippen LogP contribution in [0.25, 0.3) is 21.9 Å². The van der Waals surface area contributed by atoms with Crippen LogP contribution in [0, 0.1) is 20.8 Å². The van der Waals surface area contributed by atoms with Gasteiger partial charge in [0.05, 0.1) is 14.6 Å². The molecule has 3 aromatic heterocycles. The van der Waals surface area contributed by atoms with Crippen molar-refractivity contribution in [2.24, 2.45) is 0 Å². The van der Waals surface area contributed by atoms with Gasteiger partial charge in [0.1, 0.15) is 0 Å². The molecule has 0 saturated heterocycles. The van der Waals surface area contributed by atoms with E-state index in [1.54, 1.807) is 6.07 Å².